The molecular weight excluding hydrogens is 226 g/mol. The van der Waals surface area contributed by atoms with Gasteiger partial charge in [0.1, 0.15) is 0 Å². The van der Waals surface area contributed by atoms with Crippen molar-refractivity contribution in [2.75, 3.05) is 13.7 Å². The number of methoxy groups -OCH3 is 1. The fraction of sp³-hybridized carbons (Fsp3) is 0.786. The number of rotatable bonds is 6. The molecule has 4 heteroatoms. The number of hydrogen-bond donors (Lipinski definition) is 1. The van der Waals surface area contributed by atoms with E-state index in [-0.39, 0.29) is 5.54 Å². The van der Waals surface area contributed by atoms with Crippen molar-refractivity contribution in [2.45, 2.75) is 52.7 Å². The summed E-state index contributed by atoms with van der Waals surface area (Å²) < 4.78 is 7.55. The van der Waals surface area contributed by atoms with Gasteiger partial charge in [0, 0.05) is 25.4 Å². The Kier molecular flexibility index (Phi) is 5.35. The molecule has 0 spiro atoms. The lowest BCUT2D eigenvalue weighted by Gasteiger charge is -2.26. The lowest BCUT2D eigenvalue weighted by Crippen LogP contribution is -2.36. The average Bonchev–Trinajstić information content (AvgIpc) is 2.69. The van der Waals surface area contributed by atoms with Crippen LogP contribution in [-0.4, -0.2) is 28.8 Å². The first kappa shape index (κ1) is 15.2. The van der Waals surface area contributed by atoms with Gasteiger partial charge >= 0.3 is 0 Å². The van der Waals surface area contributed by atoms with Crippen LogP contribution in [0.5, 0.6) is 0 Å². The van der Waals surface area contributed by atoms with Crippen LogP contribution >= 0.6 is 0 Å². The van der Waals surface area contributed by atoms with E-state index in [9.17, 15) is 0 Å². The number of nitrogens with zero attached hydrogens (tertiary/aromatic N) is 2. The van der Waals surface area contributed by atoms with Gasteiger partial charge in [0.2, 0.25) is 0 Å². The van der Waals surface area contributed by atoms with Crippen LogP contribution in [0, 0.1) is 5.92 Å². The Labute approximate surface area is 111 Å². The van der Waals surface area contributed by atoms with Crippen LogP contribution < -0.4 is 5.32 Å². The first-order valence-corrected chi connectivity index (χ1v) is 6.60. The minimum absolute atomic E-state index is 0.115. The molecule has 18 heavy (non-hydrogen) atoms. The van der Waals surface area contributed by atoms with Crippen LogP contribution in [0.25, 0.3) is 0 Å². The second-order valence-corrected chi connectivity index (χ2v) is 6.16. The van der Waals surface area contributed by atoms with Gasteiger partial charge in [-0.15, -0.1) is 0 Å². The Bertz CT molecular complexity index is 352. The molecule has 1 aromatic heterocycles. The molecule has 0 aliphatic heterocycles. The van der Waals surface area contributed by atoms with Gasteiger partial charge in [0.15, 0.2) is 0 Å². The van der Waals surface area contributed by atoms with Gasteiger partial charge in [0.05, 0.1) is 24.7 Å². The quantitative estimate of drug-likeness (QED) is 0.847. The Hall–Kier alpha value is -0.870. The van der Waals surface area contributed by atoms with E-state index in [1.165, 1.54) is 5.69 Å². The van der Waals surface area contributed by atoms with Crippen LogP contribution in [-0.2, 0) is 11.3 Å². The van der Waals surface area contributed by atoms with E-state index >= 15 is 0 Å². The number of aromatic nitrogens is 2. The van der Waals surface area contributed by atoms with Crippen molar-refractivity contribution in [3.05, 3.63) is 18.2 Å². The Morgan fingerprint density at radius 1 is 1.39 bits per heavy atom. The molecule has 4 nitrogen and oxygen atoms in total. The van der Waals surface area contributed by atoms with Gasteiger partial charge in [-0.25, -0.2) is 4.98 Å². The topological polar surface area (TPSA) is 39.1 Å². The van der Waals surface area contributed by atoms with Gasteiger partial charge in [0.25, 0.3) is 0 Å². The molecule has 0 aromatic carbocycles. The Balaban J connectivity index is 2.79. The molecule has 0 amide bonds. The third-order valence-electron chi connectivity index (χ3n) is 3.01. The summed E-state index contributed by atoms with van der Waals surface area (Å²) >= 11 is 0. The van der Waals surface area contributed by atoms with Gasteiger partial charge in [-0.05, 0) is 26.7 Å². The fourth-order valence-corrected chi connectivity index (χ4v) is 1.89. The normalized spacial score (nSPS) is 14.2. The summed E-state index contributed by atoms with van der Waals surface area (Å²) in [5, 5.41) is 3.50. The third kappa shape index (κ3) is 4.42. The number of hydrogen-bond acceptors (Lipinski definition) is 3. The first-order chi connectivity index (χ1) is 8.35. The molecule has 0 saturated carbocycles. The van der Waals surface area contributed by atoms with E-state index in [2.05, 4.69) is 49.5 Å². The predicted octanol–water partition coefficient (Wildman–Crippen LogP) is 2.61. The lowest BCUT2D eigenvalue weighted by atomic mass is 10.0. The van der Waals surface area contributed by atoms with E-state index in [1.807, 2.05) is 12.5 Å². The minimum atomic E-state index is 0.115. The molecule has 0 aliphatic rings. The highest BCUT2D eigenvalue weighted by molar-refractivity contribution is 5.01. The summed E-state index contributed by atoms with van der Waals surface area (Å²) in [4.78, 5) is 4.28. The Morgan fingerprint density at radius 3 is 2.56 bits per heavy atom. The molecule has 0 saturated heterocycles. The number of nitrogens with one attached hydrogen (secondary N) is 1. The number of ether oxygens (including phenoxy) is 1. The van der Waals surface area contributed by atoms with E-state index < -0.39 is 0 Å². The van der Waals surface area contributed by atoms with Crippen LogP contribution in [0.15, 0.2) is 12.5 Å². The summed E-state index contributed by atoms with van der Waals surface area (Å²) in [5.74, 6) is 0.521. The van der Waals surface area contributed by atoms with Gasteiger partial charge in [-0.2, -0.15) is 0 Å². The van der Waals surface area contributed by atoms with Crippen molar-refractivity contribution in [3.8, 4) is 0 Å². The molecule has 0 bridgehead atoms. The molecule has 0 aliphatic carbocycles. The summed E-state index contributed by atoms with van der Waals surface area (Å²) in [7, 11) is 1.75. The molecule has 1 atom stereocenters. The highest BCUT2D eigenvalue weighted by Crippen LogP contribution is 2.20. The maximum atomic E-state index is 5.32. The molecule has 0 fully saturated rings. The molecular formula is C14H27N3O. The van der Waals surface area contributed by atoms with Crippen molar-refractivity contribution in [3.63, 3.8) is 0 Å². The molecule has 0 radical (unpaired) electrons. The zero-order valence-electron chi connectivity index (χ0n) is 12.5. The van der Waals surface area contributed by atoms with Crippen molar-refractivity contribution < 1.29 is 4.74 Å². The highest BCUT2D eigenvalue weighted by Gasteiger charge is 2.19. The second kappa shape index (κ2) is 6.34. The fourth-order valence-electron chi connectivity index (χ4n) is 1.89. The maximum Gasteiger partial charge on any atom is 0.0952 e. The maximum absolute atomic E-state index is 5.32. The molecule has 1 aromatic rings. The summed E-state index contributed by atoms with van der Waals surface area (Å²) in [6, 6.07) is 0.342. The lowest BCUT2D eigenvalue weighted by molar-refractivity contribution is 0.131. The molecule has 104 valence electrons. The van der Waals surface area contributed by atoms with Crippen LogP contribution in [0.2, 0.25) is 0 Å². The molecule has 1 heterocycles. The third-order valence-corrected chi connectivity index (χ3v) is 3.01. The summed E-state index contributed by atoms with van der Waals surface area (Å²) in [6.45, 7) is 12.5. The zero-order valence-corrected chi connectivity index (χ0v) is 12.5. The van der Waals surface area contributed by atoms with Crippen molar-refractivity contribution in [2.24, 2.45) is 5.92 Å². The average molecular weight is 253 g/mol. The van der Waals surface area contributed by atoms with Crippen molar-refractivity contribution in [1.82, 2.24) is 14.9 Å². The Morgan fingerprint density at radius 2 is 2.06 bits per heavy atom. The molecule has 1 rings (SSSR count). The molecule has 1 unspecified atom stereocenters. The molecule has 1 N–H and O–H groups in total. The van der Waals surface area contributed by atoms with E-state index in [4.69, 9.17) is 4.74 Å². The van der Waals surface area contributed by atoms with Crippen molar-refractivity contribution in [1.29, 1.82) is 0 Å². The highest BCUT2D eigenvalue weighted by atomic mass is 16.5. The standard InChI is InChI=1S/C14H27N3O/c1-11(2)13(9-18-6)17-10-15-7-12(17)8-16-14(3,4)5/h7,10-11,13,16H,8-9H2,1-6H3. The van der Waals surface area contributed by atoms with Crippen LogP contribution in [0.3, 0.4) is 0 Å². The van der Waals surface area contributed by atoms with Crippen LogP contribution in [0.4, 0.5) is 0 Å². The van der Waals surface area contributed by atoms with E-state index in [0.717, 1.165) is 13.2 Å². The summed E-state index contributed by atoms with van der Waals surface area (Å²) in [5.41, 5.74) is 1.32. The van der Waals surface area contributed by atoms with E-state index in [0.29, 0.717) is 12.0 Å². The van der Waals surface area contributed by atoms with Gasteiger partial charge in [-0.3, -0.25) is 0 Å². The SMILES string of the molecule is COCC(C(C)C)n1cncc1CNC(C)(C)C. The monoisotopic (exact) mass is 253 g/mol. The minimum Gasteiger partial charge on any atom is -0.383 e. The first-order valence-electron chi connectivity index (χ1n) is 6.60. The second-order valence-electron chi connectivity index (χ2n) is 6.16. The zero-order chi connectivity index (χ0) is 13.8. The number of imidazole rings is 1. The predicted molar refractivity (Wildman–Crippen MR) is 74.6 cm³/mol. The smallest absolute Gasteiger partial charge is 0.0952 e. The largest absolute Gasteiger partial charge is 0.383 e. The van der Waals surface area contributed by atoms with Gasteiger partial charge in [-0.1, -0.05) is 13.8 Å². The van der Waals surface area contributed by atoms with E-state index in [1.54, 1.807) is 7.11 Å². The van der Waals surface area contributed by atoms with Gasteiger partial charge < -0.3 is 14.6 Å². The van der Waals surface area contributed by atoms with Crippen LogP contribution in [0.1, 0.15) is 46.4 Å². The summed E-state index contributed by atoms with van der Waals surface area (Å²) in [6.07, 6.45) is 3.84. The van der Waals surface area contributed by atoms with Crippen molar-refractivity contribution >= 4 is 0 Å².